The Bertz CT molecular complexity index is 538. The second-order valence-corrected chi connectivity index (χ2v) is 6.35. The number of nitrogens with zero attached hydrogens (tertiary/aromatic N) is 2. The van der Waals surface area contributed by atoms with Gasteiger partial charge in [0.2, 0.25) is 0 Å². The Kier molecular flexibility index (Phi) is 2.88. The van der Waals surface area contributed by atoms with Crippen molar-refractivity contribution >= 4 is 44.7 Å². The molecule has 0 amide bonds. The molecule has 5 heteroatoms. The molecule has 3 nitrogen and oxygen atoms in total. The molecule has 1 aliphatic rings. The van der Waals surface area contributed by atoms with Crippen molar-refractivity contribution in [2.75, 3.05) is 28.7 Å². The minimum Gasteiger partial charge on any atom is -0.395 e. The monoisotopic (exact) mass is 265 g/mol. The number of nitrogen functional groups attached to an aromatic ring is 1. The van der Waals surface area contributed by atoms with Crippen molar-refractivity contribution in [3.63, 3.8) is 0 Å². The fourth-order valence-electron chi connectivity index (χ4n) is 2.28. The van der Waals surface area contributed by atoms with Gasteiger partial charge in [0.05, 0.1) is 21.6 Å². The molecule has 1 aromatic heterocycles. The number of anilines is 2. The van der Waals surface area contributed by atoms with Crippen LogP contribution < -0.4 is 10.6 Å². The van der Waals surface area contributed by atoms with Gasteiger partial charge in [-0.2, -0.15) is 11.8 Å². The number of rotatable bonds is 1. The molecule has 90 valence electrons. The predicted octanol–water partition coefficient (Wildman–Crippen LogP) is 2.82. The van der Waals surface area contributed by atoms with Gasteiger partial charge in [0.15, 0.2) is 0 Å². The molecule has 1 aromatic carbocycles. The number of nitrogens with two attached hydrogens (primary N) is 1. The standard InChI is InChI=1S/C12H15N3S2/c1-8-6-16-5-4-15(8)9-2-3-10-12(11(9)13)14-7-17-10/h2-3,7-8H,4-6,13H2,1H3. The van der Waals surface area contributed by atoms with Gasteiger partial charge in [-0.25, -0.2) is 4.98 Å². The smallest absolute Gasteiger partial charge is 0.106 e. The molecule has 0 spiro atoms. The van der Waals surface area contributed by atoms with Crippen molar-refractivity contribution in [1.29, 1.82) is 0 Å². The van der Waals surface area contributed by atoms with Crippen LogP contribution >= 0.6 is 23.1 Å². The zero-order valence-electron chi connectivity index (χ0n) is 9.72. The van der Waals surface area contributed by atoms with Crippen molar-refractivity contribution in [3.05, 3.63) is 17.6 Å². The average Bonchev–Trinajstić information content (AvgIpc) is 2.80. The van der Waals surface area contributed by atoms with E-state index < -0.39 is 0 Å². The summed E-state index contributed by atoms with van der Waals surface area (Å²) >= 11 is 3.66. The number of benzene rings is 1. The number of aromatic nitrogens is 1. The second kappa shape index (κ2) is 4.38. The summed E-state index contributed by atoms with van der Waals surface area (Å²) in [6, 6.07) is 4.82. The largest absolute Gasteiger partial charge is 0.395 e. The predicted molar refractivity (Wildman–Crippen MR) is 78.2 cm³/mol. The summed E-state index contributed by atoms with van der Waals surface area (Å²) in [6.45, 7) is 3.34. The maximum Gasteiger partial charge on any atom is 0.106 e. The van der Waals surface area contributed by atoms with E-state index in [0.717, 1.165) is 23.4 Å². The summed E-state index contributed by atoms with van der Waals surface area (Å²) < 4.78 is 1.17. The minimum atomic E-state index is 0.548. The Morgan fingerprint density at radius 3 is 3.18 bits per heavy atom. The molecule has 0 radical (unpaired) electrons. The van der Waals surface area contributed by atoms with E-state index in [-0.39, 0.29) is 0 Å². The zero-order valence-corrected chi connectivity index (χ0v) is 11.4. The number of hydrogen-bond donors (Lipinski definition) is 1. The number of fused-ring (bicyclic) bond motifs is 1. The third-order valence-corrected chi connectivity index (χ3v) is 5.18. The summed E-state index contributed by atoms with van der Waals surface area (Å²) in [4.78, 5) is 6.77. The van der Waals surface area contributed by atoms with Crippen molar-refractivity contribution in [2.24, 2.45) is 0 Å². The highest BCUT2D eigenvalue weighted by Crippen LogP contribution is 2.35. The Balaban J connectivity index is 2.06. The van der Waals surface area contributed by atoms with Crippen molar-refractivity contribution in [1.82, 2.24) is 4.98 Å². The van der Waals surface area contributed by atoms with Gasteiger partial charge in [0.1, 0.15) is 5.52 Å². The minimum absolute atomic E-state index is 0.548. The zero-order chi connectivity index (χ0) is 11.8. The molecular formula is C12H15N3S2. The van der Waals surface area contributed by atoms with Crippen LogP contribution in [0.5, 0.6) is 0 Å². The van der Waals surface area contributed by atoms with E-state index in [4.69, 9.17) is 5.73 Å². The molecule has 0 aliphatic carbocycles. The van der Waals surface area contributed by atoms with Crippen LogP contribution in [0.15, 0.2) is 17.6 Å². The fourth-order valence-corrected chi connectivity index (χ4v) is 3.98. The Morgan fingerprint density at radius 1 is 1.47 bits per heavy atom. The Morgan fingerprint density at radius 2 is 2.35 bits per heavy atom. The van der Waals surface area contributed by atoms with E-state index in [2.05, 4.69) is 28.9 Å². The van der Waals surface area contributed by atoms with E-state index in [1.54, 1.807) is 11.3 Å². The molecule has 0 bridgehead atoms. The highest BCUT2D eigenvalue weighted by atomic mass is 32.2. The summed E-state index contributed by atoms with van der Waals surface area (Å²) in [5, 5.41) is 0. The van der Waals surface area contributed by atoms with E-state index >= 15 is 0 Å². The van der Waals surface area contributed by atoms with Crippen LogP contribution in [0.1, 0.15) is 6.92 Å². The molecule has 1 saturated heterocycles. The highest BCUT2D eigenvalue weighted by Gasteiger charge is 2.21. The van der Waals surface area contributed by atoms with Crippen LogP contribution in [0.4, 0.5) is 11.4 Å². The second-order valence-electron chi connectivity index (χ2n) is 4.31. The number of hydrogen-bond acceptors (Lipinski definition) is 5. The molecule has 1 aliphatic heterocycles. The van der Waals surface area contributed by atoms with Crippen LogP contribution in [-0.4, -0.2) is 29.1 Å². The van der Waals surface area contributed by atoms with Gasteiger partial charge < -0.3 is 10.6 Å². The van der Waals surface area contributed by atoms with Crippen LogP contribution in [0, 0.1) is 0 Å². The van der Waals surface area contributed by atoms with Gasteiger partial charge >= 0.3 is 0 Å². The quantitative estimate of drug-likeness (QED) is 0.805. The normalized spacial score (nSPS) is 21.0. The first-order valence-electron chi connectivity index (χ1n) is 5.73. The SMILES string of the molecule is CC1CSCCN1c1ccc2scnc2c1N. The first-order valence-corrected chi connectivity index (χ1v) is 7.77. The lowest BCUT2D eigenvalue weighted by Gasteiger charge is -2.35. The van der Waals surface area contributed by atoms with Gasteiger partial charge in [-0.1, -0.05) is 0 Å². The summed E-state index contributed by atoms with van der Waals surface area (Å²) in [5.74, 6) is 2.35. The lowest BCUT2D eigenvalue weighted by molar-refractivity contribution is 0.701. The van der Waals surface area contributed by atoms with Gasteiger partial charge in [-0.15, -0.1) is 11.3 Å². The van der Waals surface area contributed by atoms with Gasteiger partial charge in [-0.05, 0) is 19.1 Å². The maximum absolute atomic E-state index is 6.25. The molecule has 17 heavy (non-hydrogen) atoms. The van der Waals surface area contributed by atoms with Crippen molar-refractivity contribution in [3.8, 4) is 0 Å². The van der Waals surface area contributed by atoms with Crippen LogP contribution in [0.3, 0.4) is 0 Å². The molecular weight excluding hydrogens is 250 g/mol. The van der Waals surface area contributed by atoms with Gasteiger partial charge in [0.25, 0.3) is 0 Å². The fraction of sp³-hybridized carbons (Fsp3) is 0.417. The molecule has 1 atom stereocenters. The summed E-state index contributed by atoms with van der Waals surface area (Å²) in [7, 11) is 0. The van der Waals surface area contributed by atoms with Gasteiger partial charge in [0, 0.05) is 24.1 Å². The first-order chi connectivity index (χ1) is 8.27. The van der Waals surface area contributed by atoms with Crippen LogP contribution in [0.2, 0.25) is 0 Å². The van der Waals surface area contributed by atoms with E-state index in [1.165, 1.54) is 16.2 Å². The Labute approximate surface area is 109 Å². The third kappa shape index (κ3) is 1.87. The van der Waals surface area contributed by atoms with E-state index in [1.807, 2.05) is 17.3 Å². The molecule has 2 heterocycles. The van der Waals surface area contributed by atoms with Gasteiger partial charge in [-0.3, -0.25) is 0 Å². The topological polar surface area (TPSA) is 42.2 Å². The Hall–Kier alpha value is -0.940. The first kappa shape index (κ1) is 11.2. The van der Waals surface area contributed by atoms with Crippen molar-refractivity contribution in [2.45, 2.75) is 13.0 Å². The lowest BCUT2D eigenvalue weighted by atomic mass is 10.2. The molecule has 2 aromatic rings. The van der Waals surface area contributed by atoms with Crippen LogP contribution in [0.25, 0.3) is 10.2 Å². The molecule has 2 N–H and O–H groups in total. The maximum atomic E-state index is 6.25. The van der Waals surface area contributed by atoms with E-state index in [9.17, 15) is 0 Å². The number of thioether (sulfide) groups is 1. The summed E-state index contributed by atoms with van der Waals surface area (Å²) in [5.41, 5.74) is 11.1. The highest BCUT2D eigenvalue weighted by molar-refractivity contribution is 7.99. The molecule has 0 saturated carbocycles. The van der Waals surface area contributed by atoms with Crippen LogP contribution in [-0.2, 0) is 0 Å². The van der Waals surface area contributed by atoms with E-state index in [0.29, 0.717) is 6.04 Å². The molecule has 1 unspecified atom stereocenters. The lowest BCUT2D eigenvalue weighted by Crippen LogP contribution is -2.40. The van der Waals surface area contributed by atoms with Crippen molar-refractivity contribution < 1.29 is 0 Å². The molecule has 3 rings (SSSR count). The molecule has 1 fully saturated rings. The third-order valence-electron chi connectivity index (χ3n) is 3.20. The average molecular weight is 265 g/mol. The number of thiazole rings is 1. The summed E-state index contributed by atoms with van der Waals surface area (Å²) in [6.07, 6.45) is 0.